The van der Waals surface area contributed by atoms with E-state index < -0.39 is 0 Å². The van der Waals surface area contributed by atoms with Gasteiger partial charge in [0.25, 0.3) is 0 Å². The van der Waals surface area contributed by atoms with Gasteiger partial charge in [-0.25, -0.2) is 0 Å². The molecule has 0 saturated carbocycles. The van der Waals surface area contributed by atoms with Crippen LogP contribution in [0.4, 0.5) is 0 Å². The van der Waals surface area contributed by atoms with Gasteiger partial charge in [-0.1, -0.05) is 52.8 Å². The molecule has 0 heterocycles. The third-order valence-corrected chi connectivity index (χ3v) is 3.50. The van der Waals surface area contributed by atoms with Crippen molar-refractivity contribution in [3.05, 3.63) is 41.5 Å². The normalized spacial score (nSPS) is 12.5. The van der Waals surface area contributed by atoms with Crippen molar-refractivity contribution in [2.45, 2.75) is 59.8 Å². The molecule has 0 aliphatic rings. The first kappa shape index (κ1) is 15.8. The summed E-state index contributed by atoms with van der Waals surface area (Å²) >= 11 is 0. The van der Waals surface area contributed by atoms with Crippen LogP contribution in [0, 0.1) is 12.3 Å². The van der Waals surface area contributed by atoms with E-state index in [0.29, 0.717) is 12.2 Å². The van der Waals surface area contributed by atoms with E-state index >= 15 is 0 Å². The molecule has 0 saturated heterocycles. The van der Waals surface area contributed by atoms with Crippen molar-refractivity contribution in [1.82, 2.24) is 0 Å². The first-order valence-electron chi connectivity index (χ1n) is 7.01. The topological polar surface area (TPSA) is 20.2 Å². The number of phenols is 1. The summed E-state index contributed by atoms with van der Waals surface area (Å²) in [5.41, 5.74) is 3.62. The van der Waals surface area contributed by atoms with E-state index in [1.807, 2.05) is 13.0 Å². The Labute approximate surface area is 118 Å². The molecule has 0 spiro atoms. The monoisotopic (exact) mass is 260 g/mol. The Hall–Kier alpha value is -1.24. The molecule has 0 aromatic heterocycles. The van der Waals surface area contributed by atoms with Crippen LogP contribution >= 0.6 is 0 Å². The molecule has 0 aliphatic heterocycles. The Morgan fingerprint density at radius 1 is 1.16 bits per heavy atom. The third kappa shape index (κ3) is 4.12. The number of hydrogen-bond acceptors (Lipinski definition) is 1. The van der Waals surface area contributed by atoms with Gasteiger partial charge in [0.2, 0.25) is 0 Å². The van der Waals surface area contributed by atoms with Crippen LogP contribution in [0.1, 0.15) is 57.7 Å². The zero-order valence-electron chi connectivity index (χ0n) is 13.3. The van der Waals surface area contributed by atoms with E-state index in [2.05, 4.69) is 53.3 Å². The number of aryl methyl sites for hydroxylation is 1. The summed E-state index contributed by atoms with van der Waals surface area (Å²) in [5, 5.41) is 10.1. The Bertz CT molecular complexity index is 461. The lowest BCUT2D eigenvalue weighted by molar-refractivity contribution is 0.284. The second-order valence-corrected chi connectivity index (χ2v) is 7.41. The fraction of sp³-hybridized carbons (Fsp3) is 0.556. The van der Waals surface area contributed by atoms with Crippen LogP contribution in [0.25, 0.3) is 0 Å². The molecule has 1 N–H and O–H groups in total. The fourth-order valence-corrected chi connectivity index (χ4v) is 2.98. The van der Waals surface area contributed by atoms with E-state index in [9.17, 15) is 5.11 Å². The van der Waals surface area contributed by atoms with Gasteiger partial charge in [0.15, 0.2) is 0 Å². The molecule has 0 bridgehead atoms. The Morgan fingerprint density at radius 2 is 1.74 bits per heavy atom. The Kier molecular flexibility index (Phi) is 4.50. The van der Waals surface area contributed by atoms with Crippen LogP contribution in [0.5, 0.6) is 5.75 Å². The minimum atomic E-state index is 0.104. The van der Waals surface area contributed by atoms with E-state index in [0.717, 1.165) is 17.5 Å². The van der Waals surface area contributed by atoms with Gasteiger partial charge in [0, 0.05) is 0 Å². The molecule has 1 rings (SSSR count). The van der Waals surface area contributed by atoms with Gasteiger partial charge in [0.05, 0.1) is 0 Å². The second kappa shape index (κ2) is 5.40. The lowest BCUT2D eigenvalue weighted by Gasteiger charge is -2.33. The maximum Gasteiger partial charge on any atom is 0.122 e. The Balaban J connectivity index is 3.23. The summed E-state index contributed by atoms with van der Waals surface area (Å²) in [6, 6.07) is 4.25. The zero-order valence-corrected chi connectivity index (χ0v) is 13.3. The molecular weight excluding hydrogens is 232 g/mol. The molecule has 0 amide bonds. The van der Waals surface area contributed by atoms with Crippen LogP contribution < -0.4 is 0 Å². The summed E-state index contributed by atoms with van der Waals surface area (Å²) in [4.78, 5) is 0. The largest absolute Gasteiger partial charge is 0.507 e. The van der Waals surface area contributed by atoms with E-state index in [1.54, 1.807) is 0 Å². The molecule has 1 aromatic carbocycles. The second-order valence-electron chi connectivity index (χ2n) is 7.41. The number of benzene rings is 1. The zero-order chi connectivity index (χ0) is 14.8. The number of rotatable bonds is 4. The van der Waals surface area contributed by atoms with Gasteiger partial charge >= 0.3 is 0 Å². The van der Waals surface area contributed by atoms with Crippen LogP contribution in [0.2, 0.25) is 0 Å². The summed E-state index contributed by atoms with van der Waals surface area (Å²) in [5.74, 6) is 0.412. The van der Waals surface area contributed by atoms with Crippen molar-refractivity contribution in [3.8, 4) is 5.75 Å². The highest BCUT2D eigenvalue weighted by atomic mass is 16.3. The third-order valence-electron chi connectivity index (χ3n) is 3.50. The summed E-state index contributed by atoms with van der Waals surface area (Å²) < 4.78 is 0. The molecule has 0 aliphatic carbocycles. The molecule has 106 valence electrons. The van der Waals surface area contributed by atoms with Crippen molar-refractivity contribution in [2.75, 3.05) is 0 Å². The predicted octanol–water partition coefficient (Wildman–Crippen LogP) is 5.14. The van der Waals surface area contributed by atoms with Gasteiger partial charge in [-0.15, -0.1) is 6.58 Å². The lowest BCUT2D eigenvalue weighted by atomic mass is 9.71. The minimum Gasteiger partial charge on any atom is -0.507 e. The van der Waals surface area contributed by atoms with Gasteiger partial charge in [-0.05, 0) is 47.3 Å². The molecule has 0 fully saturated rings. The lowest BCUT2D eigenvalue weighted by Crippen LogP contribution is -2.25. The molecule has 0 radical (unpaired) electrons. The predicted molar refractivity (Wildman–Crippen MR) is 83.8 cm³/mol. The fourth-order valence-electron chi connectivity index (χ4n) is 2.98. The van der Waals surface area contributed by atoms with Crippen molar-refractivity contribution in [2.24, 2.45) is 5.41 Å². The van der Waals surface area contributed by atoms with Crippen molar-refractivity contribution >= 4 is 0 Å². The maximum absolute atomic E-state index is 10.1. The molecule has 0 unspecified atom stereocenters. The highest BCUT2D eigenvalue weighted by Gasteiger charge is 2.28. The highest BCUT2D eigenvalue weighted by molar-refractivity contribution is 5.46. The standard InChI is InChI=1S/C18H28O/c1-8-9-14-11-15(10-13(2)16(14)19)18(6,7)12-17(3,4)5/h8,10-11,19H,1,9,12H2,2-7H3. The SMILES string of the molecule is C=CCc1cc(C(C)(C)CC(C)(C)C)cc(C)c1O. The summed E-state index contributed by atoms with van der Waals surface area (Å²) in [7, 11) is 0. The smallest absolute Gasteiger partial charge is 0.122 e. The quantitative estimate of drug-likeness (QED) is 0.743. The van der Waals surface area contributed by atoms with Crippen molar-refractivity contribution in [1.29, 1.82) is 0 Å². The van der Waals surface area contributed by atoms with Gasteiger partial charge in [-0.3, -0.25) is 0 Å². The van der Waals surface area contributed by atoms with Crippen molar-refractivity contribution in [3.63, 3.8) is 0 Å². The minimum absolute atomic E-state index is 0.104. The van der Waals surface area contributed by atoms with Gasteiger partial charge < -0.3 is 5.11 Å². The molecule has 19 heavy (non-hydrogen) atoms. The molecule has 1 nitrogen and oxygen atoms in total. The first-order valence-corrected chi connectivity index (χ1v) is 7.01. The van der Waals surface area contributed by atoms with Crippen LogP contribution in [-0.2, 0) is 11.8 Å². The van der Waals surface area contributed by atoms with Crippen molar-refractivity contribution < 1.29 is 5.11 Å². The van der Waals surface area contributed by atoms with Crippen LogP contribution in [0.3, 0.4) is 0 Å². The van der Waals surface area contributed by atoms with Gasteiger partial charge in [-0.2, -0.15) is 0 Å². The van der Waals surface area contributed by atoms with Crippen LogP contribution in [0.15, 0.2) is 24.8 Å². The van der Waals surface area contributed by atoms with Crippen LogP contribution in [-0.4, -0.2) is 5.11 Å². The highest BCUT2D eigenvalue weighted by Crippen LogP contribution is 2.38. The number of phenolic OH excluding ortho intramolecular Hbond substituents is 1. The Morgan fingerprint density at radius 3 is 2.21 bits per heavy atom. The number of aromatic hydroxyl groups is 1. The average Bonchev–Trinajstić information content (AvgIpc) is 2.21. The summed E-state index contributed by atoms with van der Waals surface area (Å²) in [6.07, 6.45) is 3.67. The molecule has 1 heteroatoms. The molecule has 1 aromatic rings. The average molecular weight is 260 g/mol. The van der Waals surface area contributed by atoms with E-state index in [4.69, 9.17) is 0 Å². The number of allylic oxidation sites excluding steroid dienone is 1. The van der Waals surface area contributed by atoms with Gasteiger partial charge in [0.1, 0.15) is 5.75 Å². The maximum atomic E-state index is 10.1. The number of hydrogen-bond donors (Lipinski definition) is 1. The summed E-state index contributed by atoms with van der Waals surface area (Å²) in [6.45, 7) is 17.1. The molecular formula is C18H28O. The van der Waals surface area contributed by atoms with E-state index in [1.165, 1.54) is 5.56 Å². The molecule has 0 atom stereocenters. The first-order chi connectivity index (χ1) is 8.57. The van der Waals surface area contributed by atoms with E-state index in [-0.39, 0.29) is 10.8 Å².